The summed E-state index contributed by atoms with van der Waals surface area (Å²) < 4.78 is 14.1. The predicted octanol–water partition coefficient (Wildman–Crippen LogP) is 3.30. The standard InChI is InChI=1S/C14H12BrN5O2S/c15-9-4-2-1-3-8(9)14-21-5-10(22-14)23-20-7-19-13-11(12(20)16)17-6-18-13/h1-7,12,14H,16H2,(H,17,18). The van der Waals surface area contributed by atoms with Crippen molar-refractivity contribution in [1.29, 1.82) is 0 Å². The third-order valence-electron chi connectivity index (χ3n) is 3.37. The molecule has 0 fully saturated rings. The summed E-state index contributed by atoms with van der Waals surface area (Å²) in [5.41, 5.74) is 7.80. The lowest BCUT2D eigenvalue weighted by molar-refractivity contribution is -0.0280. The Balaban J connectivity index is 1.44. The van der Waals surface area contributed by atoms with Crippen LogP contribution in [0.15, 0.2) is 51.4 Å². The molecule has 0 aliphatic carbocycles. The number of nitrogens with zero attached hydrogens (tertiary/aromatic N) is 3. The molecule has 0 radical (unpaired) electrons. The van der Waals surface area contributed by atoms with Crippen LogP contribution in [0, 0.1) is 0 Å². The quantitative estimate of drug-likeness (QED) is 0.777. The molecule has 0 amide bonds. The molecule has 118 valence electrons. The minimum absolute atomic E-state index is 0.411. The molecule has 2 atom stereocenters. The Hall–Kier alpha value is -1.97. The maximum absolute atomic E-state index is 6.18. The molecule has 0 spiro atoms. The molecule has 23 heavy (non-hydrogen) atoms. The third-order valence-corrected chi connectivity index (χ3v) is 4.99. The normalized spacial score (nSPS) is 22.3. The maximum atomic E-state index is 6.18. The number of fused-ring (bicyclic) bond motifs is 1. The molecule has 7 nitrogen and oxygen atoms in total. The largest absolute Gasteiger partial charge is 0.454 e. The molecular weight excluding hydrogens is 382 g/mol. The van der Waals surface area contributed by atoms with E-state index in [-0.39, 0.29) is 0 Å². The van der Waals surface area contributed by atoms with E-state index in [0.29, 0.717) is 16.6 Å². The minimum Gasteiger partial charge on any atom is -0.454 e. The van der Waals surface area contributed by atoms with Gasteiger partial charge in [0.2, 0.25) is 5.09 Å². The monoisotopic (exact) mass is 393 g/mol. The number of halogens is 1. The Kier molecular flexibility index (Phi) is 3.76. The fourth-order valence-corrected chi connectivity index (χ4v) is 3.45. The lowest BCUT2D eigenvalue weighted by Gasteiger charge is -2.26. The number of ether oxygens (including phenoxy) is 2. The van der Waals surface area contributed by atoms with Crippen LogP contribution in [0.5, 0.6) is 0 Å². The van der Waals surface area contributed by atoms with Crippen molar-refractivity contribution >= 4 is 40.0 Å². The summed E-state index contributed by atoms with van der Waals surface area (Å²) in [5.74, 6) is 0.679. The van der Waals surface area contributed by atoms with Crippen molar-refractivity contribution in [2.45, 2.75) is 12.5 Å². The van der Waals surface area contributed by atoms with Crippen LogP contribution in [0.4, 0.5) is 5.82 Å². The van der Waals surface area contributed by atoms with Gasteiger partial charge in [-0.25, -0.2) is 9.98 Å². The number of H-pyrrole nitrogens is 1. The van der Waals surface area contributed by atoms with Gasteiger partial charge in [0.05, 0.1) is 6.33 Å². The van der Waals surface area contributed by atoms with Crippen molar-refractivity contribution in [3.8, 4) is 0 Å². The molecule has 3 heterocycles. The van der Waals surface area contributed by atoms with Gasteiger partial charge >= 0.3 is 0 Å². The van der Waals surface area contributed by atoms with Crippen molar-refractivity contribution in [2.75, 3.05) is 0 Å². The highest BCUT2D eigenvalue weighted by molar-refractivity contribution is 9.10. The number of hydrogen-bond acceptors (Lipinski definition) is 7. The lowest BCUT2D eigenvalue weighted by atomic mass is 10.2. The number of nitrogens with one attached hydrogen (secondary N) is 1. The molecule has 1 aromatic carbocycles. The maximum Gasteiger partial charge on any atom is 0.268 e. The summed E-state index contributed by atoms with van der Waals surface area (Å²) in [6, 6.07) is 7.76. The molecule has 3 N–H and O–H groups in total. The van der Waals surface area contributed by atoms with Crippen molar-refractivity contribution in [3.05, 3.63) is 57.7 Å². The molecule has 0 bridgehead atoms. The Bertz CT molecular complexity index is 793. The van der Waals surface area contributed by atoms with Crippen LogP contribution in [0.3, 0.4) is 0 Å². The van der Waals surface area contributed by atoms with Crippen molar-refractivity contribution < 1.29 is 9.47 Å². The summed E-state index contributed by atoms with van der Waals surface area (Å²) in [6.07, 6.45) is 3.91. The SMILES string of the molecule is NC1c2nc[nH]c2N=CN1SC1=COC(c2ccccc2Br)O1. The zero-order chi connectivity index (χ0) is 15.8. The second kappa shape index (κ2) is 5.91. The van der Waals surface area contributed by atoms with E-state index in [9.17, 15) is 0 Å². The number of hydrogen-bond donors (Lipinski definition) is 2. The first-order valence-corrected chi connectivity index (χ1v) is 8.35. The van der Waals surface area contributed by atoms with Crippen molar-refractivity contribution in [3.63, 3.8) is 0 Å². The Morgan fingerprint density at radius 1 is 1.35 bits per heavy atom. The molecule has 2 aliphatic rings. The minimum atomic E-state index is -0.480. The first-order valence-electron chi connectivity index (χ1n) is 6.78. The lowest BCUT2D eigenvalue weighted by Crippen LogP contribution is -2.30. The number of aromatic nitrogens is 2. The average Bonchev–Trinajstić information content (AvgIpc) is 3.20. The smallest absolute Gasteiger partial charge is 0.268 e. The average molecular weight is 394 g/mol. The summed E-state index contributed by atoms with van der Waals surface area (Å²) >= 11 is 4.81. The first-order chi connectivity index (χ1) is 11.2. The molecule has 2 aromatic rings. The van der Waals surface area contributed by atoms with Gasteiger partial charge in [0.25, 0.3) is 6.29 Å². The number of aromatic amines is 1. The van der Waals surface area contributed by atoms with E-state index in [0.717, 1.165) is 10.0 Å². The van der Waals surface area contributed by atoms with Gasteiger partial charge in [-0.2, -0.15) is 0 Å². The first kappa shape index (κ1) is 14.6. The number of aliphatic imine (C=N–C) groups is 1. The van der Waals surface area contributed by atoms with Gasteiger partial charge in [-0.05, 0) is 6.07 Å². The van der Waals surface area contributed by atoms with Crippen LogP contribution in [-0.2, 0) is 9.47 Å². The predicted molar refractivity (Wildman–Crippen MR) is 90.2 cm³/mol. The van der Waals surface area contributed by atoms with E-state index in [1.165, 1.54) is 11.9 Å². The van der Waals surface area contributed by atoms with Gasteiger partial charge in [-0.1, -0.05) is 34.1 Å². The van der Waals surface area contributed by atoms with E-state index < -0.39 is 12.5 Å². The number of imidazole rings is 1. The summed E-state index contributed by atoms with van der Waals surface area (Å²) in [5, 5.41) is 0.603. The molecule has 2 aliphatic heterocycles. The summed E-state index contributed by atoms with van der Waals surface area (Å²) in [7, 11) is 0. The van der Waals surface area contributed by atoms with Crippen LogP contribution in [0.2, 0.25) is 0 Å². The van der Waals surface area contributed by atoms with E-state index >= 15 is 0 Å². The zero-order valence-corrected chi connectivity index (χ0v) is 14.1. The Morgan fingerprint density at radius 3 is 3.09 bits per heavy atom. The number of benzene rings is 1. The second-order valence-corrected chi connectivity index (χ2v) is 6.68. The molecular formula is C14H12BrN5O2S. The van der Waals surface area contributed by atoms with Crippen molar-refractivity contribution in [2.24, 2.45) is 10.7 Å². The van der Waals surface area contributed by atoms with Crippen LogP contribution in [-0.4, -0.2) is 20.6 Å². The van der Waals surface area contributed by atoms with Gasteiger partial charge in [-0.3, -0.25) is 4.31 Å². The fourth-order valence-electron chi connectivity index (χ4n) is 2.23. The molecule has 0 saturated carbocycles. The van der Waals surface area contributed by atoms with Crippen LogP contribution in [0.1, 0.15) is 23.7 Å². The van der Waals surface area contributed by atoms with Crippen LogP contribution >= 0.6 is 27.9 Å². The third kappa shape index (κ3) is 2.71. The van der Waals surface area contributed by atoms with E-state index in [1.54, 1.807) is 23.2 Å². The molecule has 4 rings (SSSR count). The Labute approximate surface area is 144 Å². The summed E-state index contributed by atoms with van der Waals surface area (Å²) in [6.45, 7) is 0. The summed E-state index contributed by atoms with van der Waals surface area (Å²) in [4.78, 5) is 11.4. The fraction of sp³-hybridized carbons (Fsp3) is 0.143. The van der Waals surface area contributed by atoms with Crippen molar-refractivity contribution in [1.82, 2.24) is 14.3 Å². The molecule has 2 unspecified atom stereocenters. The van der Waals surface area contributed by atoms with Gasteiger partial charge in [0.1, 0.15) is 24.5 Å². The number of rotatable bonds is 3. The molecule has 0 saturated heterocycles. The second-order valence-electron chi connectivity index (χ2n) is 4.82. The van der Waals surface area contributed by atoms with E-state index in [2.05, 4.69) is 30.9 Å². The van der Waals surface area contributed by atoms with E-state index in [4.69, 9.17) is 15.2 Å². The van der Waals surface area contributed by atoms with Gasteiger partial charge in [0.15, 0.2) is 5.82 Å². The molecule has 1 aromatic heterocycles. The number of nitrogens with two attached hydrogens (primary N) is 1. The highest BCUT2D eigenvalue weighted by Crippen LogP contribution is 2.40. The van der Waals surface area contributed by atoms with Gasteiger partial charge < -0.3 is 20.2 Å². The van der Waals surface area contributed by atoms with Gasteiger partial charge in [0, 0.05) is 22.0 Å². The zero-order valence-electron chi connectivity index (χ0n) is 11.7. The Morgan fingerprint density at radius 2 is 2.22 bits per heavy atom. The highest BCUT2D eigenvalue weighted by Gasteiger charge is 2.29. The molecule has 9 heteroatoms. The van der Waals surface area contributed by atoms with Crippen LogP contribution in [0.25, 0.3) is 0 Å². The topological polar surface area (TPSA) is 88.8 Å². The highest BCUT2D eigenvalue weighted by atomic mass is 79.9. The van der Waals surface area contributed by atoms with E-state index in [1.807, 2.05) is 24.3 Å². The van der Waals surface area contributed by atoms with Crippen LogP contribution < -0.4 is 5.73 Å². The van der Waals surface area contributed by atoms with Gasteiger partial charge in [-0.15, -0.1) is 0 Å².